The van der Waals surface area contributed by atoms with E-state index < -0.39 is 15.1 Å². The molecule has 1 aromatic heterocycles. The van der Waals surface area contributed by atoms with Crippen LogP contribution in [0.5, 0.6) is 0 Å². The van der Waals surface area contributed by atoms with Gasteiger partial charge in [0.05, 0.1) is 21.4 Å². The number of nitrogens with two attached hydrogens (primary N) is 1. The maximum atomic E-state index is 12.0. The maximum absolute atomic E-state index is 12.0. The Hall–Kier alpha value is -0.140. The van der Waals surface area contributed by atoms with Crippen molar-refractivity contribution >= 4 is 32.8 Å². The molecule has 0 aliphatic carbocycles. The molecule has 1 fully saturated rings. The lowest BCUT2D eigenvalue weighted by atomic mass is 10.1. The van der Waals surface area contributed by atoms with Crippen LogP contribution in [0.2, 0.25) is 4.34 Å². The molecule has 2 heterocycles. The molecule has 0 radical (unpaired) electrons. The van der Waals surface area contributed by atoms with Crippen LogP contribution in [0.4, 0.5) is 0 Å². The summed E-state index contributed by atoms with van der Waals surface area (Å²) in [6, 6.07) is 3.25. The van der Waals surface area contributed by atoms with Crippen LogP contribution in [0, 0.1) is 0 Å². The van der Waals surface area contributed by atoms with Crippen molar-refractivity contribution in [2.45, 2.75) is 30.6 Å². The van der Waals surface area contributed by atoms with E-state index in [4.69, 9.17) is 17.4 Å². The van der Waals surface area contributed by atoms with Crippen molar-refractivity contribution < 1.29 is 8.42 Å². The number of rotatable bonds is 3. The number of sulfone groups is 1. The molecule has 0 saturated carbocycles. The Labute approximate surface area is 110 Å². The molecule has 3 N–H and O–H groups in total. The molecule has 2 rings (SSSR count). The highest BCUT2D eigenvalue weighted by Gasteiger charge is 2.36. The van der Waals surface area contributed by atoms with E-state index in [1.165, 1.54) is 11.3 Å². The Morgan fingerprint density at radius 2 is 2.24 bits per heavy atom. The van der Waals surface area contributed by atoms with E-state index in [1.54, 1.807) is 6.07 Å². The van der Waals surface area contributed by atoms with Crippen molar-refractivity contribution in [2.24, 2.45) is 5.84 Å². The van der Waals surface area contributed by atoms with Gasteiger partial charge in [-0.15, -0.1) is 11.3 Å². The van der Waals surface area contributed by atoms with Crippen LogP contribution in [0.25, 0.3) is 0 Å². The van der Waals surface area contributed by atoms with Gasteiger partial charge in [0, 0.05) is 4.88 Å². The fourth-order valence-electron chi connectivity index (χ4n) is 2.22. The second-order valence-electron chi connectivity index (χ2n) is 4.19. The molecular weight excluding hydrogens is 280 g/mol. The second-order valence-corrected chi connectivity index (χ2v) is 8.27. The van der Waals surface area contributed by atoms with E-state index in [1.807, 2.05) is 6.07 Å². The second kappa shape index (κ2) is 5.24. The minimum absolute atomic E-state index is 0.259. The lowest BCUT2D eigenvalue weighted by Gasteiger charge is -2.28. The third-order valence-electron chi connectivity index (χ3n) is 3.08. The first kappa shape index (κ1) is 13.3. The monoisotopic (exact) mass is 294 g/mol. The zero-order valence-electron chi connectivity index (χ0n) is 9.23. The van der Waals surface area contributed by atoms with E-state index in [9.17, 15) is 8.42 Å². The molecule has 1 aliphatic rings. The fourth-order valence-corrected chi connectivity index (χ4v) is 5.57. The largest absolute Gasteiger partial charge is 0.271 e. The Bertz CT molecular complexity index is 486. The fraction of sp³-hybridized carbons (Fsp3) is 0.600. The molecule has 1 aromatic rings. The lowest BCUT2D eigenvalue weighted by molar-refractivity contribution is 0.458. The smallest absolute Gasteiger partial charge is 0.155 e. The number of nitrogens with one attached hydrogen (secondary N) is 1. The number of thiophene rings is 1. The van der Waals surface area contributed by atoms with Crippen LogP contribution < -0.4 is 11.3 Å². The summed E-state index contributed by atoms with van der Waals surface area (Å²) in [4.78, 5) is 0.882. The molecule has 0 amide bonds. The van der Waals surface area contributed by atoms with Crippen LogP contribution in [0.15, 0.2) is 12.1 Å². The maximum Gasteiger partial charge on any atom is 0.155 e. The van der Waals surface area contributed by atoms with Gasteiger partial charge in [0.2, 0.25) is 0 Å². The third-order valence-corrected chi connectivity index (χ3v) is 6.68. The minimum atomic E-state index is -3.05. The van der Waals surface area contributed by atoms with Gasteiger partial charge in [-0.1, -0.05) is 18.0 Å². The van der Waals surface area contributed by atoms with Crippen molar-refractivity contribution in [1.29, 1.82) is 0 Å². The molecule has 2 atom stereocenters. The lowest BCUT2D eigenvalue weighted by Crippen LogP contribution is -2.42. The van der Waals surface area contributed by atoms with Gasteiger partial charge < -0.3 is 0 Å². The zero-order valence-corrected chi connectivity index (χ0v) is 11.6. The molecule has 17 heavy (non-hydrogen) atoms. The predicted octanol–water partition coefficient (Wildman–Crippen LogP) is 1.87. The Balaban J connectivity index is 2.29. The summed E-state index contributed by atoms with van der Waals surface area (Å²) in [5.74, 6) is 5.77. The summed E-state index contributed by atoms with van der Waals surface area (Å²) < 4.78 is 24.7. The molecule has 1 aliphatic heterocycles. The first-order valence-corrected chi connectivity index (χ1v) is 8.38. The quantitative estimate of drug-likeness (QED) is 0.659. The number of hydrazine groups is 1. The first-order chi connectivity index (χ1) is 8.04. The van der Waals surface area contributed by atoms with Gasteiger partial charge in [0.15, 0.2) is 9.84 Å². The van der Waals surface area contributed by atoms with E-state index in [0.717, 1.165) is 17.7 Å². The van der Waals surface area contributed by atoms with Gasteiger partial charge in [-0.3, -0.25) is 11.3 Å². The van der Waals surface area contributed by atoms with Gasteiger partial charge in [0.25, 0.3) is 0 Å². The predicted molar refractivity (Wildman–Crippen MR) is 70.8 cm³/mol. The third kappa shape index (κ3) is 2.82. The summed E-state index contributed by atoms with van der Waals surface area (Å²) in [7, 11) is -3.05. The molecule has 0 spiro atoms. The SMILES string of the molecule is NNC(c1ccc(Cl)s1)C1CCCCS1(=O)=O. The number of hydrogen-bond donors (Lipinski definition) is 2. The summed E-state index contributed by atoms with van der Waals surface area (Å²) in [5, 5.41) is -0.434. The van der Waals surface area contributed by atoms with Crippen LogP contribution in [-0.4, -0.2) is 19.4 Å². The highest BCUT2D eigenvalue weighted by atomic mass is 35.5. The molecule has 1 saturated heterocycles. The molecule has 96 valence electrons. The summed E-state index contributed by atoms with van der Waals surface area (Å²) in [6.07, 6.45) is 2.34. The molecular formula is C10H15ClN2O2S2. The number of hydrogen-bond acceptors (Lipinski definition) is 5. The topological polar surface area (TPSA) is 72.2 Å². The van der Waals surface area contributed by atoms with E-state index >= 15 is 0 Å². The highest BCUT2D eigenvalue weighted by Crippen LogP contribution is 2.34. The van der Waals surface area contributed by atoms with E-state index in [-0.39, 0.29) is 11.8 Å². The van der Waals surface area contributed by atoms with Crippen LogP contribution >= 0.6 is 22.9 Å². The molecule has 7 heteroatoms. The van der Waals surface area contributed by atoms with Gasteiger partial charge in [-0.2, -0.15) is 0 Å². The van der Waals surface area contributed by atoms with Crippen molar-refractivity contribution in [1.82, 2.24) is 5.43 Å². The average Bonchev–Trinajstić information content (AvgIpc) is 2.68. The summed E-state index contributed by atoms with van der Waals surface area (Å²) in [6.45, 7) is 0. The van der Waals surface area contributed by atoms with E-state index in [2.05, 4.69) is 5.43 Å². The molecule has 0 aromatic carbocycles. The van der Waals surface area contributed by atoms with Crippen molar-refractivity contribution in [2.75, 3.05) is 5.75 Å². The van der Waals surface area contributed by atoms with Crippen LogP contribution in [0.1, 0.15) is 30.2 Å². The van der Waals surface area contributed by atoms with Gasteiger partial charge in [-0.25, -0.2) is 8.42 Å². The molecule has 2 unspecified atom stereocenters. The van der Waals surface area contributed by atoms with Gasteiger partial charge in [-0.05, 0) is 25.0 Å². The first-order valence-electron chi connectivity index (χ1n) is 5.47. The Morgan fingerprint density at radius 1 is 1.47 bits per heavy atom. The Kier molecular flexibility index (Phi) is 4.10. The molecule has 4 nitrogen and oxygen atoms in total. The van der Waals surface area contributed by atoms with Crippen molar-refractivity contribution in [3.63, 3.8) is 0 Å². The van der Waals surface area contributed by atoms with Crippen LogP contribution in [-0.2, 0) is 9.84 Å². The average molecular weight is 295 g/mol. The van der Waals surface area contributed by atoms with Gasteiger partial charge in [0.1, 0.15) is 0 Å². The Morgan fingerprint density at radius 3 is 2.76 bits per heavy atom. The van der Waals surface area contributed by atoms with Crippen LogP contribution in [0.3, 0.4) is 0 Å². The zero-order chi connectivity index (χ0) is 12.5. The van der Waals surface area contributed by atoms with Crippen molar-refractivity contribution in [3.8, 4) is 0 Å². The normalized spacial score (nSPS) is 25.6. The highest BCUT2D eigenvalue weighted by molar-refractivity contribution is 7.92. The summed E-state index contributed by atoms with van der Waals surface area (Å²) >= 11 is 7.25. The summed E-state index contributed by atoms with van der Waals surface area (Å²) in [5.41, 5.74) is 2.63. The van der Waals surface area contributed by atoms with Crippen molar-refractivity contribution in [3.05, 3.63) is 21.3 Å². The number of halogens is 1. The van der Waals surface area contributed by atoms with Gasteiger partial charge >= 0.3 is 0 Å². The van der Waals surface area contributed by atoms with E-state index in [0.29, 0.717) is 10.8 Å². The standard InChI is InChI=1S/C10H15ClN2O2S2/c11-9-5-4-7(16-9)10(13-12)8-3-1-2-6-17(8,14)15/h4-5,8,10,13H,1-3,6,12H2. The molecule has 0 bridgehead atoms. The minimum Gasteiger partial charge on any atom is -0.271 e.